The van der Waals surface area contributed by atoms with Gasteiger partial charge in [0.2, 0.25) is 19.7 Å². The molecule has 0 bridgehead atoms. The minimum atomic E-state index is -4.01. The number of hydrogen-bond donors (Lipinski definition) is 0. The van der Waals surface area contributed by atoms with Gasteiger partial charge in [0.15, 0.2) is 0 Å². The van der Waals surface area contributed by atoms with E-state index in [4.69, 9.17) is 4.74 Å². The molecule has 138 valence electrons. The van der Waals surface area contributed by atoms with E-state index in [-0.39, 0.29) is 26.2 Å². The number of carbonyl (C=O) groups excluding carboxylic acids is 1. The fraction of sp³-hybridized carbons (Fsp3) is 0.278. The molecular weight excluding hydrogens is 376 g/mol. The predicted molar refractivity (Wildman–Crippen MR) is 93.5 cm³/mol. The van der Waals surface area contributed by atoms with Crippen molar-refractivity contribution in [2.45, 2.75) is 45.8 Å². The molecule has 2 aromatic rings. The average molecular weight is 394 g/mol. The quantitative estimate of drug-likeness (QED) is 0.632. The van der Waals surface area contributed by atoms with Crippen molar-refractivity contribution in [3.63, 3.8) is 0 Å². The summed E-state index contributed by atoms with van der Waals surface area (Å²) in [6.07, 6.45) is 0.404. The Morgan fingerprint density at radius 1 is 0.885 bits per heavy atom. The van der Waals surface area contributed by atoms with Crippen molar-refractivity contribution in [3.8, 4) is 0 Å². The lowest BCUT2D eigenvalue weighted by molar-refractivity contribution is -0.145. The average Bonchev–Trinajstić information content (AvgIpc) is 2.61. The Kier molecular flexibility index (Phi) is 4.66. The van der Waals surface area contributed by atoms with Crippen LogP contribution in [0.5, 0.6) is 0 Å². The number of benzene rings is 2. The highest BCUT2D eigenvalue weighted by Crippen LogP contribution is 2.41. The molecule has 1 atom stereocenters. The number of rotatable bonds is 4. The topological polar surface area (TPSA) is 94.6 Å². The fourth-order valence-electron chi connectivity index (χ4n) is 3.09. The molecule has 1 aliphatic heterocycles. The molecule has 0 spiro atoms. The van der Waals surface area contributed by atoms with Crippen LogP contribution in [0.2, 0.25) is 0 Å². The van der Waals surface area contributed by atoms with E-state index in [9.17, 15) is 21.6 Å². The first-order valence-electron chi connectivity index (χ1n) is 8.15. The Balaban J connectivity index is 2.24. The van der Waals surface area contributed by atoms with Crippen LogP contribution in [0.15, 0.2) is 62.0 Å². The van der Waals surface area contributed by atoms with Gasteiger partial charge in [0, 0.05) is 0 Å². The Morgan fingerprint density at radius 3 is 1.96 bits per heavy atom. The lowest BCUT2D eigenvalue weighted by Gasteiger charge is -2.22. The second-order valence-corrected chi connectivity index (χ2v) is 9.65. The number of sulfone groups is 2. The Labute approximate surface area is 152 Å². The summed E-state index contributed by atoms with van der Waals surface area (Å²) in [6.45, 7) is 3.67. The van der Waals surface area contributed by atoms with Gasteiger partial charge in [-0.1, -0.05) is 25.1 Å². The van der Waals surface area contributed by atoms with Gasteiger partial charge in [-0.25, -0.2) is 16.8 Å². The van der Waals surface area contributed by atoms with Gasteiger partial charge in [-0.15, -0.1) is 0 Å². The van der Waals surface area contributed by atoms with Crippen LogP contribution in [0, 0.1) is 0 Å². The SMILES string of the molecule is CCOC(=O)C(CC)c1ccc2c(c1)S(=O)(=O)c1ccccc1S2(=O)=O. The van der Waals surface area contributed by atoms with Crippen molar-refractivity contribution in [3.05, 3.63) is 48.0 Å². The summed E-state index contributed by atoms with van der Waals surface area (Å²) in [6, 6.07) is 9.55. The monoisotopic (exact) mass is 394 g/mol. The molecule has 0 aromatic heterocycles. The molecule has 0 saturated heterocycles. The lowest BCUT2D eigenvalue weighted by atomic mass is 9.97. The molecule has 0 N–H and O–H groups in total. The summed E-state index contributed by atoms with van der Waals surface area (Å²) in [5.41, 5.74) is 0.419. The summed E-state index contributed by atoms with van der Waals surface area (Å²) in [7, 11) is -7.95. The van der Waals surface area contributed by atoms with Crippen molar-refractivity contribution in [2.75, 3.05) is 6.61 Å². The third-order valence-corrected chi connectivity index (χ3v) is 8.34. The summed E-state index contributed by atoms with van der Waals surface area (Å²) >= 11 is 0. The molecule has 0 saturated carbocycles. The van der Waals surface area contributed by atoms with E-state index in [1.165, 1.54) is 42.5 Å². The van der Waals surface area contributed by atoms with Crippen LogP contribution in [0.3, 0.4) is 0 Å². The Bertz CT molecular complexity index is 1080. The molecular formula is C18H18O6S2. The van der Waals surface area contributed by atoms with Gasteiger partial charge in [0.05, 0.1) is 32.1 Å². The molecule has 6 nitrogen and oxygen atoms in total. The van der Waals surface area contributed by atoms with Gasteiger partial charge in [0.25, 0.3) is 0 Å². The Hall–Kier alpha value is -2.19. The number of hydrogen-bond acceptors (Lipinski definition) is 6. The molecule has 0 aliphatic carbocycles. The van der Waals surface area contributed by atoms with E-state index in [2.05, 4.69) is 0 Å². The van der Waals surface area contributed by atoms with Crippen molar-refractivity contribution in [1.29, 1.82) is 0 Å². The molecule has 0 fully saturated rings. The summed E-state index contributed by atoms with van der Waals surface area (Å²) in [5.74, 6) is -1.12. The van der Waals surface area contributed by atoms with Gasteiger partial charge in [-0.2, -0.15) is 0 Å². The molecule has 8 heteroatoms. The second-order valence-electron chi connectivity index (χ2n) is 5.87. The van der Waals surface area contributed by atoms with Crippen LogP contribution in [-0.4, -0.2) is 29.4 Å². The van der Waals surface area contributed by atoms with Crippen molar-refractivity contribution < 1.29 is 26.4 Å². The van der Waals surface area contributed by atoms with Crippen LogP contribution >= 0.6 is 0 Å². The van der Waals surface area contributed by atoms with E-state index in [0.29, 0.717) is 12.0 Å². The largest absolute Gasteiger partial charge is 0.466 e. The number of ether oxygens (including phenoxy) is 1. The first-order chi connectivity index (χ1) is 12.2. The first kappa shape index (κ1) is 18.6. The highest BCUT2D eigenvalue weighted by Gasteiger charge is 2.39. The minimum Gasteiger partial charge on any atom is -0.466 e. The standard InChI is InChI=1S/C18H18O6S2/c1-3-13(18(19)24-4-2)12-9-10-16-17(11-12)26(22,23)15-8-6-5-7-14(15)25(16,20)21/h5-11,13H,3-4H2,1-2H3. The van der Waals surface area contributed by atoms with Gasteiger partial charge in [-0.3, -0.25) is 4.79 Å². The van der Waals surface area contributed by atoms with E-state index in [0.717, 1.165) is 0 Å². The molecule has 26 heavy (non-hydrogen) atoms. The van der Waals surface area contributed by atoms with Crippen LogP contribution in [0.1, 0.15) is 31.7 Å². The highest BCUT2D eigenvalue weighted by molar-refractivity contribution is 7.97. The molecule has 2 aromatic carbocycles. The third kappa shape index (κ3) is 2.73. The van der Waals surface area contributed by atoms with Gasteiger partial charge < -0.3 is 4.74 Å². The Morgan fingerprint density at radius 2 is 1.42 bits per heavy atom. The van der Waals surface area contributed by atoms with Crippen molar-refractivity contribution in [2.24, 2.45) is 0 Å². The molecule has 1 unspecified atom stereocenters. The normalized spacial score (nSPS) is 17.6. The van der Waals surface area contributed by atoms with Crippen molar-refractivity contribution in [1.82, 2.24) is 0 Å². The molecule has 0 amide bonds. The zero-order valence-electron chi connectivity index (χ0n) is 14.3. The highest BCUT2D eigenvalue weighted by atomic mass is 32.2. The maximum Gasteiger partial charge on any atom is 0.313 e. The molecule has 1 aliphatic rings. The number of fused-ring (bicyclic) bond motifs is 2. The summed E-state index contributed by atoms with van der Waals surface area (Å²) < 4.78 is 56.6. The van der Waals surface area contributed by atoms with E-state index >= 15 is 0 Å². The summed E-state index contributed by atoms with van der Waals surface area (Å²) in [4.78, 5) is 11.1. The maximum absolute atomic E-state index is 13.0. The van der Waals surface area contributed by atoms with E-state index < -0.39 is 31.6 Å². The fourth-order valence-corrected chi connectivity index (χ4v) is 7.25. The number of esters is 1. The third-order valence-electron chi connectivity index (χ3n) is 4.36. The zero-order valence-corrected chi connectivity index (χ0v) is 15.9. The maximum atomic E-state index is 13.0. The minimum absolute atomic E-state index is 0.209. The second kappa shape index (κ2) is 6.51. The molecule has 3 rings (SSSR count). The smallest absolute Gasteiger partial charge is 0.313 e. The molecule has 0 radical (unpaired) electrons. The lowest BCUT2D eigenvalue weighted by Crippen LogP contribution is -2.21. The first-order valence-corrected chi connectivity index (χ1v) is 11.1. The van der Waals surface area contributed by atoms with Gasteiger partial charge in [0.1, 0.15) is 0 Å². The zero-order chi connectivity index (χ0) is 19.1. The van der Waals surface area contributed by atoms with Gasteiger partial charge >= 0.3 is 5.97 Å². The van der Waals surface area contributed by atoms with E-state index in [1.807, 2.05) is 0 Å². The molecule has 1 heterocycles. The van der Waals surface area contributed by atoms with Crippen LogP contribution in [0.25, 0.3) is 0 Å². The summed E-state index contributed by atoms with van der Waals surface area (Å²) in [5, 5.41) is 0. The predicted octanol–water partition coefficient (Wildman–Crippen LogP) is 2.72. The van der Waals surface area contributed by atoms with Crippen LogP contribution in [-0.2, 0) is 29.2 Å². The van der Waals surface area contributed by atoms with Gasteiger partial charge in [-0.05, 0) is 43.2 Å². The number of carbonyl (C=O) groups is 1. The van der Waals surface area contributed by atoms with Crippen LogP contribution < -0.4 is 0 Å². The van der Waals surface area contributed by atoms with E-state index in [1.54, 1.807) is 13.8 Å². The van der Waals surface area contributed by atoms with Crippen molar-refractivity contribution >= 4 is 25.6 Å². The van der Waals surface area contributed by atoms with Crippen LogP contribution in [0.4, 0.5) is 0 Å².